The highest BCUT2D eigenvalue weighted by Crippen LogP contribution is 2.17. The van der Waals surface area contributed by atoms with Crippen molar-refractivity contribution in [3.05, 3.63) is 77.1 Å². The molecule has 1 aromatic heterocycles. The Balaban J connectivity index is 1.78. The van der Waals surface area contributed by atoms with Crippen molar-refractivity contribution in [2.75, 3.05) is 10.6 Å². The molecule has 132 valence electrons. The van der Waals surface area contributed by atoms with Crippen LogP contribution in [0.5, 0.6) is 0 Å². The number of amides is 2. The molecule has 3 rings (SSSR count). The SMILES string of the molecule is Cc1ccccc1NC(=O)c1cc(C(=O)Nc2ccccc2C)n(C)n1. The second kappa shape index (κ2) is 7.23. The van der Waals surface area contributed by atoms with Gasteiger partial charge in [0.05, 0.1) is 0 Å². The molecule has 0 aliphatic rings. The van der Waals surface area contributed by atoms with Gasteiger partial charge < -0.3 is 10.6 Å². The van der Waals surface area contributed by atoms with E-state index in [-0.39, 0.29) is 17.5 Å². The summed E-state index contributed by atoms with van der Waals surface area (Å²) in [6.45, 7) is 3.83. The number of rotatable bonds is 4. The Morgan fingerprint density at radius 3 is 1.88 bits per heavy atom. The van der Waals surface area contributed by atoms with E-state index in [9.17, 15) is 9.59 Å². The van der Waals surface area contributed by atoms with E-state index in [0.717, 1.165) is 16.8 Å². The Kier molecular flexibility index (Phi) is 4.84. The van der Waals surface area contributed by atoms with Crippen LogP contribution in [0.25, 0.3) is 0 Å². The van der Waals surface area contributed by atoms with Gasteiger partial charge in [-0.1, -0.05) is 36.4 Å². The molecule has 6 nitrogen and oxygen atoms in total. The summed E-state index contributed by atoms with van der Waals surface area (Å²) in [6, 6.07) is 16.5. The van der Waals surface area contributed by atoms with Gasteiger partial charge in [-0.05, 0) is 37.1 Å². The lowest BCUT2D eigenvalue weighted by Gasteiger charge is -2.07. The fourth-order valence-electron chi connectivity index (χ4n) is 2.59. The largest absolute Gasteiger partial charge is 0.320 e. The molecular formula is C20H20N4O2. The van der Waals surface area contributed by atoms with E-state index in [2.05, 4.69) is 15.7 Å². The highest BCUT2D eigenvalue weighted by atomic mass is 16.2. The van der Waals surface area contributed by atoms with Crippen LogP contribution in [0.2, 0.25) is 0 Å². The van der Waals surface area contributed by atoms with E-state index in [0.29, 0.717) is 11.4 Å². The van der Waals surface area contributed by atoms with Crippen molar-refractivity contribution < 1.29 is 9.59 Å². The van der Waals surface area contributed by atoms with Gasteiger partial charge in [-0.25, -0.2) is 0 Å². The van der Waals surface area contributed by atoms with Gasteiger partial charge >= 0.3 is 0 Å². The predicted molar refractivity (Wildman–Crippen MR) is 101 cm³/mol. The fraction of sp³-hybridized carbons (Fsp3) is 0.150. The van der Waals surface area contributed by atoms with Gasteiger partial charge in [0.25, 0.3) is 11.8 Å². The highest BCUT2D eigenvalue weighted by molar-refractivity contribution is 6.07. The average molecular weight is 348 g/mol. The van der Waals surface area contributed by atoms with E-state index in [1.807, 2.05) is 62.4 Å². The molecule has 2 aromatic carbocycles. The summed E-state index contributed by atoms with van der Waals surface area (Å²) in [4.78, 5) is 25.0. The zero-order valence-corrected chi connectivity index (χ0v) is 14.9. The Morgan fingerprint density at radius 2 is 1.35 bits per heavy atom. The van der Waals surface area contributed by atoms with Gasteiger partial charge in [0, 0.05) is 24.5 Å². The third-order valence-electron chi connectivity index (χ3n) is 4.13. The quantitative estimate of drug-likeness (QED) is 0.757. The lowest BCUT2D eigenvalue weighted by atomic mass is 10.2. The minimum absolute atomic E-state index is 0.186. The number of aromatic nitrogens is 2. The molecule has 2 amide bonds. The Labute approximate surface area is 151 Å². The third kappa shape index (κ3) is 3.64. The van der Waals surface area contributed by atoms with Crippen molar-refractivity contribution in [1.29, 1.82) is 0 Å². The maximum Gasteiger partial charge on any atom is 0.276 e. The van der Waals surface area contributed by atoms with Crippen molar-refractivity contribution in [3.63, 3.8) is 0 Å². The van der Waals surface area contributed by atoms with Crippen molar-refractivity contribution in [2.45, 2.75) is 13.8 Å². The zero-order chi connectivity index (χ0) is 18.7. The molecule has 6 heteroatoms. The van der Waals surface area contributed by atoms with Crippen LogP contribution in [0.3, 0.4) is 0 Å². The molecule has 0 saturated heterocycles. The summed E-state index contributed by atoms with van der Waals surface area (Å²) in [5.74, 6) is -0.672. The molecule has 26 heavy (non-hydrogen) atoms. The summed E-state index contributed by atoms with van der Waals surface area (Å²) < 4.78 is 1.40. The first-order chi connectivity index (χ1) is 12.5. The fourth-order valence-corrected chi connectivity index (χ4v) is 2.59. The molecular weight excluding hydrogens is 328 g/mol. The van der Waals surface area contributed by atoms with E-state index in [1.54, 1.807) is 7.05 Å². The second-order valence-corrected chi connectivity index (χ2v) is 6.08. The first kappa shape index (κ1) is 17.4. The first-order valence-electron chi connectivity index (χ1n) is 8.23. The second-order valence-electron chi connectivity index (χ2n) is 6.08. The molecule has 0 unspecified atom stereocenters. The summed E-state index contributed by atoms with van der Waals surface area (Å²) in [5.41, 5.74) is 3.85. The van der Waals surface area contributed by atoms with Crippen molar-refractivity contribution in [2.24, 2.45) is 7.05 Å². The van der Waals surface area contributed by atoms with Gasteiger partial charge in [-0.2, -0.15) is 5.10 Å². The minimum atomic E-state index is -0.357. The van der Waals surface area contributed by atoms with Gasteiger partial charge in [-0.15, -0.1) is 0 Å². The molecule has 2 N–H and O–H groups in total. The van der Waals surface area contributed by atoms with E-state index in [1.165, 1.54) is 10.7 Å². The lowest BCUT2D eigenvalue weighted by molar-refractivity contribution is 0.101. The van der Waals surface area contributed by atoms with Crippen molar-refractivity contribution in [3.8, 4) is 0 Å². The average Bonchev–Trinajstić information content (AvgIpc) is 3.01. The standard InChI is InChI=1S/C20H20N4O2/c1-13-8-4-6-10-15(13)21-19(25)17-12-18(24(3)23-17)20(26)22-16-11-7-5-9-14(16)2/h4-12H,1-3H3,(H,21,25)(H,22,26). The number of nitrogens with one attached hydrogen (secondary N) is 2. The Bertz CT molecular complexity index is 975. The molecule has 0 aliphatic carbocycles. The van der Waals surface area contributed by atoms with Gasteiger partial charge in [-0.3, -0.25) is 14.3 Å². The number of nitrogens with zero attached hydrogens (tertiary/aromatic N) is 2. The monoisotopic (exact) mass is 348 g/mol. The van der Waals surface area contributed by atoms with Crippen LogP contribution in [0, 0.1) is 13.8 Å². The van der Waals surface area contributed by atoms with E-state index in [4.69, 9.17) is 0 Å². The molecule has 0 saturated carbocycles. The van der Waals surface area contributed by atoms with Crippen LogP contribution >= 0.6 is 0 Å². The number of hydrogen-bond acceptors (Lipinski definition) is 3. The number of carbonyl (C=O) groups is 2. The molecule has 0 spiro atoms. The number of aryl methyl sites for hydroxylation is 3. The number of anilines is 2. The molecule has 0 bridgehead atoms. The normalized spacial score (nSPS) is 10.4. The van der Waals surface area contributed by atoms with Crippen LogP contribution < -0.4 is 10.6 Å². The smallest absolute Gasteiger partial charge is 0.276 e. The number of carbonyl (C=O) groups excluding carboxylic acids is 2. The summed E-state index contributed by atoms with van der Waals surface area (Å²) in [5, 5.41) is 9.83. The van der Waals surface area contributed by atoms with Gasteiger partial charge in [0.1, 0.15) is 5.69 Å². The summed E-state index contributed by atoms with van der Waals surface area (Å²) in [6.07, 6.45) is 0. The molecule has 0 atom stereocenters. The van der Waals surface area contributed by atoms with Crippen LogP contribution in [0.1, 0.15) is 32.1 Å². The number of para-hydroxylation sites is 2. The van der Waals surface area contributed by atoms with Crippen LogP contribution in [0.4, 0.5) is 11.4 Å². The van der Waals surface area contributed by atoms with Crippen LogP contribution in [-0.2, 0) is 7.05 Å². The van der Waals surface area contributed by atoms with Crippen molar-refractivity contribution in [1.82, 2.24) is 9.78 Å². The van der Waals surface area contributed by atoms with Gasteiger partial charge in [0.2, 0.25) is 0 Å². The molecule has 0 radical (unpaired) electrons. The molecule has 0 aliphatic heterocycles. The molecule has 3 aromatic rings. The third-order valence-corrected chi connectivity index (χ3v) is 4.13. The number of hydrogen-bond donors (Lipinski definition) is 2. The first-order valence-corrected chi connectivity index (χ1v) is 8.23. The van der Waals surface area contributed by atoms with Crippen molar-refractivity contribution >= 4 is 23.2 Å². The summed E-state index contributed by atoms with van der Waals surface area (Å²) >= 11 is 0. The van der Waals surface area contributed by atoms with Gasteiger partial charge in [0.15, 0.2) is 5.69 Å². The maximum absolute atomic E-state index is 12.5. The predicted octanol–water partition coefficient (Wildman–Crippen LogP) is 3.54. The van der Waals surface area contributed by atoms with Crippen LogP contribution in [-0.4, -0.2) is 21.6 Å². The molecule has 0 fully saturated rings. The zero-order valence-electron chi connectivity index (χ0n) is 14.9. The van der Waals surface area contributed by atoms with Crippen LogP contribution in [0.15, 0.2) is 54.6 Å². The minimum Gasteiger partial charge on any atom is -0.320 e. The number of benzene rings is 2. The Morgan fingerprint density at radius 1 is 0.846 bits per heavy atom. The van der Waals surface area contributed by atoms with E-state index < -0.39 is 0 Å². The maximum atomic E-state index is 12.5. The van der Waals surface area contributed by atoms with E-state index >= 15 is 0 Å². The Hall–Kier alpha value is -3.41. The topological polar surface area (TPSA) is 76.0 Å². The summed E-state index contributed by atoms with van der Waals surface area (Å²) in [7, 11) is 1.64. The highest BCUT2D eigenvalue weighted by Gasteiger charge is 2.18. The lowest BCUT2D eigenvalue weighted by Crippen LogP contribution is -2.16. The molecule has 1 heterocycles.